The number of halogens is 2. The molecule has 3 heteroatoms. The molecule has 1 rings (SSSR count). The molecule has 0 N–H and O–H groups in total. The fourth-order valence-electron chi connectivity index (χ4n) is 1.20. The number of quaternary nitrogens is 1. The van der Waals surface area contributed by atoms with Gasteiger partial charge < -0.3 is 28.5 Å². The number of benzene rings is 1. The van der Waals surface area contributed by atoms with Gasteiger partial charge in [0.25, 0.3) is 0 Å². The van der Waals surface area contributed by atoms with Gasteiger partial charge >= 0.3 is 0 Å². The molecule has 1 aromatic rings. The Labute approximate surface area is 109 Å². The highest BCUT2D eigenvalue weighted by Crippen LogP contribution is 2.13. The molecule has 0 fully saturated rings. The lowest BCUT2D eigenvalue weighted by atomic mass is 10.2. The second-order valence-corrected chi connectivity index (χ2v) is 4.47. The van der Waals surface area contributed by atoms with Crippen molar-refractivity contribution in [3.63, 3.8) is 0 Å². The van der Waals surface area contributed by atoms with Crippen molar-refractivity contribution in [2.24, 2.45) is 0 Å². The van der Waals surface area contributed by atoms with Crippen LogP contribution in [-0.4, -0.2) is 25.1 Å². The smallest absolute Gasteiger partial charge is 0.104 e. The molecule has 0 radical (unpaired) electrons. The van der Waals surface area contributed by atoms with Crippen LogP contribution in [-0.2, 0) is 6.54 Å². The summed E-state index contributed by atoms with van der Waals surface area (Å²) in [7, 11) is 4.46. The van der Waals surface area contributed by atoms with Crippen LogP contribution in [0.15, 0.2) is 24.3 Å². The zero-order valence-corrected chi connectivity index (χ0v) is 11.8. The predicted octanol–water partition coefficient (Wildman–Crippen LogP) is -0.0597. The molecule has 1 nitrogen and oxygen atoms in total. The average molecular weight is 326 g/mol. The van der Waals surface area contributed by atoms with E-state index in [9.17, 15) is 0 Å². The maximum atomic E-state index is 5.81. The van der Waals surface area contributed by atoms with Gasteiger partial charge in [0.15, 0.2) is 0 Å². The average Bonchev–Trinajstić information content (AvgIpc) is 2.09. The Morgan fingerprint density at radius 2 is 1.64 bits per heavy atom. The van der Waals surface area contributed by atoms with E-state index in [4.69, 9.17) is 11.6 Å². The molecular weight excluding hydrogens is 308 g/mol. The zero-order chi connectivity index (χ0) is 9.90. The summed E-state index contributed by atoms with van der Waals surface area (Å²) in [6.45, 7) is 4.41. The van der Waals surface area contributed by atoms with Crippen molar-refractivity contribution in [3.05, 3.63) is 34.9 Å². The summed E-state index contributed by atoms with van der Waals surface area (Å²) in [5.41, 5.74) is 1.34. The van der Waals surface area contributed by atoms with E-state index in [1.807, 2.05) is 12.1 Å². The van der Waals surface area contributed by atoms with Crippen molar-refractivity contribution in [1.29, 1.82) is 0 Å². The lowest BCUT2D eigenvalue weighted by molar-refractivity contribution is -0.901. The maximum absolute atomic E-state index is 5.81. The minimum absolute atomic E-state index is 0. The number of nitrogens with zero attached hydrogens (tertiary/aromatic N) is 1. The molecule has 1 aromatic carbocycles. The molecule has 0 amide bonds. The monoisotopic (exact) mass is 325 g/mol. The lowest BCUT2D eigenvalue weighted by Crippen LogP contribution is -3.00. The van der Waals surface area contributed by atoms with Crippen LogP contribution in [0.3, 0.4) is 0 Å². The fourth-order valence-corrected chi connectivity index (χ4v) is 1.32. The summed E-state index contributed by atoms with van der Waals surface area (Å²) in [5, 5.41) is 0.811. The quantitative estimate of drug-likeness (QED) is 0.540. The largest absolute Gasteiger partial charge is 1.00 e. The number of hydrogen-bond donors (Lipinski definition) is 0. The van der Waals surface area contributed by atoms with Crippen molar-refractivity contribution in [2.75, 3.05) is 20.6 Å². The molecule has 0 heterocycles. The van der Waals surface area contributed by atoms with Gasteiger partial charge in [0.05, 0.1) is 20.6 Å². The van der Waals surface area contributed by atoms with Crippen LogP contribution in [0.1, 0.15) is 12.5 Å². The molecule has 0 aliphatic heterocycles. The van der Waals surface area contributed by atoms with Gasteiger partial charge in [-0.2, -0.15) is 0 Å². The number of hydrogen-bond acceptors (Lipinski definition) is 0. The number of rotatable bonds is 3. The molecule has 0 bridgehead atoms. The SMILES string of the molecule is CC[N+](C)(C)Cc1ccc(Cl)cc1.[I-]. The van der Waals surface area contributed by atoms with Crippen molar-refractivity contribution in [1.82, 2.24) is 0 Å². The van der Waals surface area contributed by atoms with Crippen LogP contribution < -0.4 is 24.0 Å². The highest BCUT2D eigenvalue weighted by molar-refractivity contribution is 6.30. The lowest BCUT2D eigenvalue weighted by Gasteiger charge is -2.28. The van der Waals surface area contributed by atoms with Crippen molar-refractivity contribution in [2.45, 2.75) is 13.5 Å². The molecule has 0 atom stereocenters. The van der Waals surface area contributed by atoms with Crippen LogP contribution in [0.4, 0.5) is 0 Å². The van der Waals surface area contributed by atoms with Gasteiger partial charge in [-0.05, 0) is 19.1 Å². The van der Waals surface area contributed by atoms with Crippen LogP contribution in [0, 0.1) is 0 Å². The van der Waals surface area contributed by atoms with Crippen LogP contribution in [0.5, 0.6) is 0 Å². The molecule has 0 aromatic heterocycles. The van der Waals surface area contributed by atoms with Gasteiger partial charge in [0.1, 0.15) is 6.54 Å². The highest BCUT2D eigenvalue weighted by Gasteiger charge is 2.11. The molecule has 0 aliphatic carbocycles. The Morgan fingerprint density at radius 3 is 2.07 bits per heavy atom. The van der Waals surface area contributed by atoms with E-state index in [1.165, 1.54) is 5.56 Å². The van der Waals surface area contributed by atoms with Gasteiger partial charge in [-0.1, -0.05) is 23.7 Å². The Morgan fingerprint density at radius 1 is 1.14 bits per heavy atom. The van der Waals surface area contributed by atoms with E-state index in [2.05, 4.69) is 33.2 Å². The van der Waals surface area contributed by atoms with E-state index in [0.29, 0.717) is 0 Å². The molecule has 80 valence electrons. The normalized spacial score (nSPS) is 10.9. The van der Waals surface area contributed by atoms with Gasteiger partial charge in [-0.3, -0.25) is 0 Å². The Bertz CT molecular complexity index is 269. The highest BCUT2D eigenvalue weighted by atomic mass is 127. The first-order valence-corrected chi connectivity index (χ1v) is 4.98. The summed E-state index contributed by atoms with van der Waals surface area (Å²) in [5.74, 6) is 0. The second kappa shape index (κ2) is 5.93. The van der Waals surface area contributed by atoms with Crippen LogP contribution >= 0.6 is 11.6 Å². The van der Waals surface area contributed by atoms with Gasteiger partial charge in [-0.15, -0.1) is 0 Å². The van der Waals surface area contributed by atoms with Gasteiger partial charge in [0.2, 0.25) is 0 Å². The van der Waals surface area contributed by atoms with E-state index >= 15 is 0 Å². The minimum Gasteiger partial charge on any atom is -1.00 e. The molecule has 0 unspecified atom stereocenters. The Kier molecular flexibility index (Phi) is 6.02. The van der Waals surface area contributed by atoms with Crippen molar-refractivity contribution < 1.29 is 28.5 Å². The van der Waals surface area contributed by atoms with Crippen LogP contribution in [0.25, 0.3) is 0 Å². The fraction of sp³-hybridized carbons (Fsp3) is 0.455. The molecular formula is C11H17ClIN. The molecule has 0 saturated heterocycles. The Balaban J connectivity index is 0.00000169. The second-order valence-electron chi connectivity index (χ2n) is 4.04. The van der Waals surface area contributed by atoms with Gasteiger partial charge in [0, 0.05) is 10.6 Å². The molecule has 0 saturated carbocycles. The third kappa shape index (κ3) is 4.62. The van der Waals surface area contributed by atoms with E-state index < -0.39 is 0 Å². The molecule has 0 aliphatic rings. The zero-order valence-electron chi connectivity index (χ0n) is 8.93. The summed E-state index contributed by atoms with van der Waals surface area (Å²) in [6, 6.07) is 8.09. The summed E-state index contributed by atoms with van der Waals surface area (Å²) in [4.78, 5) is 0. The summed E-state index contributed by atoms with van der Waals surface area (Å²) >= 11 is 5.81. The molecule has 14 heavy (non-hydrogen) atoms. The topological polar surface area (TPSA) is 0 Å². The standard InChI is InChI=1S/C11H17ClN.HI/c1-4-13(2,3)9-10-5-7-11(12)8-6-10;/h5-8H,4,9H2,1-3H3;1H/q+1;/p-1. The first kappa shape index (κ1) is 14.2. The van der Waals surface area contributed by atoms with E-state index in [-0.39, 0.29) is 24.0 Å². The summed E-state index contributed by atoms with van der Waals surface area (Å²) in [6.07, 6.45) is 0. The first-order valence-electron chi connectivity index (χ1n) is 4.60. The summed E-state index contributed by atoms with van der Waals surface area (Å²) < 4.78 is 1.02. The van der Waals surface area contributed by atoms with E-state index in [0.717, 1.165) is 22.6 Å². The van der Waals surface area contributed by atoms with Gasteiger partial charge in [-0.25, -0.2) is 0 Å². The molecule has 0 spiro atoms. The first-order chi connectivity index (χ1) is 6.03. The minimum atomic E-state index is 0. The third-order valence-electron chi connectivity index (χ3n) is 2.38. The van der Waals surface area contributed by atoms with Crippen molar-refractivity contribution >= 4 is 11.6 Å². The predicted molar refractivity (Wildman–Crippen MR) is 57.8 cm³/mol. The Hall–Kier alpha value is 0.200. The maximum Gasteiger partial charge on any atom is 0.104 e. The third-order valence-corrected chi connectivity index (χ3v) is 2.63. The van der Waals surface area contributed by atoms with Crippen LogP contribution in [0.2, 0.25) is 5.02 Å². The van der Waals surface area contributed by atoms with Crippen molar-refractivity contribution in [3.8, 4) is 0 Å². The van der Waals surface area contributed by atoms with E-state index in [1.54, 1.807) is 0 Å².